The molecule has 2 heterocycles. The van der Waals surface area contributed by atoms with E-state index in [-0.39, 0.29) is 36.1 Å². The molecule has 9 nitrogen and oxygen atoms in total. The summed E-state index contributed by atoms with van der Waals surface area (Å²) in [5, 5.41) is 4.29. The third kappa shape index (κ3) is 4.51. The molecule has 3 N–H and O–H groups in total. The lowest BCUT2D eigenvalue weighted by atomic mass is 10.2. The maximum Gasteiger partial charge on any atom is 0.330 e. The van der Waals surface area contributed by atoms with Gasteiger partial charge >= 0.3 is 5.69 Å². The van der Waals surface area contributed by atoms with Crippen molar-refractivity contribution >= 4 is 17.4 Å². The van der Waals surface area contributed by atoms with E-state index in [2.05, 4.69) is 10.1 Å². The number of benzene rings is 2. The number of nitrogen functional groups attached to an aromatic ring is 1. The molecule has 0 fully saturated rings. The van der Waals surface area contributed by atoms with Gasteiger partial charge in [-0.3, -0.25) is 24.0 Å². The van der Waals surface area contributed by atoms with Crippen molar-refractivity contribution in [1.29, 1.82) is 0 Å². The summed E-state index contributed by atoms with van der Waals surface area (Å²) in [7, 11) is 0. The summed E-state index contributed by atoms with van der Waals surface area (Å²) in [6.45, 7) is 2.16. The highest BCUT2D eigenvalue weighted by Crippen LogP contribution is 2.21. The summed E-state index contributed by atoms with van der Waals surface area (Å²) >= 11 is 0. The molecule has 4 aromatic rings. The predicted molar refractivity (Wildman–Crippen MR) is 127 cm³/mol. The van der Waals surface area contributed by atoms with Crippen LogP contribution in [0.2, 0.25) is 0 Å². The maximum atomic E-state index is 13.4. The summed E-state index contributed by atoms with van der Waals surface area (Å²) in [5.41, 5.74) is 6.18. The number of anilines is 2. The predicted octanol–water partition coefficient (Wildman–Crippen LogP) is 2.55. The van der Waals surface area contributed by atoms with Gasteiger partial charge in [0, 0.05) is 12.7 Å². The smallest absolute Gasteiger partial charge is 0.330 e. The Morgan fingerprint density at radius 3 is 2.47 bits per heavy atom. The van der Waals surface area contributed by atoms with E-state index in [4.69, 9.17) is 5.73 Å². The van der Waals surface area contributed by atoms with Gasteiger partial charge in [-0.05, 0) is 42.3 Å². The molecule has 0 bridgehead atoms. The average molecular weight is 462 g/mol. The van der Waals surface area contributed by atoms with Gasteiger partial charge < -0.3 is 5.73 Å². The largest absolute Gasteiger partial charge is 0.383 e. The Hall–Kier alpha value is -4.47. The fourth-order valence-corrected chi connectivity index (χ4v) is 3.61. The molecule has 0 spiro atoms. The van der Waals surface area contributed by atoms with E-state index in [1.165, 1.54) is 44.5 Å². The third-order valence-electron chi connectivity index (χ3n) is 5.26. The van der Waals surface area contributed by atoms with Crippen LogP contribution >= 0.6 is 0 Å². The quantitative estimate of drug-likeness (QED) is 0.438. The van der Waals surface area contributed by atoms with Gasteiger partial charge in [-0.2, -0.15) is 5.10 Å². The Labute approximate surface area is 193 Å². The molecule has 0 atom stereocenters. The topological polar surface area (TPSA) is 119 Å². The molecular formula is C24H23FN6O3. The van der Waals surface area contributed by atoms with Gasteiger partial charge in [0.05, 0.1) is 12.2 Å². The second kappa shape index (κ2) is 9.57. The molecule has 0 saturated carbocycles. The number of halogens is 1. The molecule has 0 aliphatic carbocycles. The summed E-state index contributed by atoms with van der Waals surface area (Å²) in [6.07, 6.45) is 2.09. The highest BCUT2D eigenvalue weighted by Gasteiger charge is 2.26. The van der Waals surface area contributed by atoms with Gasteiger partial charge in [0.1, 0.15) is 11.6 Å². The minimum Gasteiger partial charge on any atom is -0.383 e. The fraction of sp³-hybridized carbons (Fsp3) is 0.167. The van der Waals surface area contributed by atoms with Crippen LogP contribution in [-0.2, 0) is 6.54 Å². The number of nitrogens with two attached hydrogens (primary N) is 1. The van der Waals surface area contributed by atoms with E-state index < -0.39 is 17.2 Å². The van der Waals surface area contributed by atoms with E-state index in [1.54, 1.807) is 6.20 Å². The van der Waals surface area contributed by atoms with Gasteiger partial charge in [-0.25, -0.2) is 13.9 Å². The monoisotopic (exact) mass is 462 g/mol. The number of carbonyl (C=O) groups is 1. The molecule has 0 unspecified atom stereocenters. The van der Waals surface area contributed by atoms with Crippen molar-refractivity contribution in [1.82, 2.24) is 19.3 Å². The van der Waals surface area contributed by atoms with Crippen molar-refractivity contribution in [2.24, 2.45) is 0 Å². The molecule has 0 aliphatic heterocycles. The minimum atomic E-state index is -0.758. The number of hydrogen-bond acceptors (Lipinski definition) is 5. The number of aromatic amines is 1. The van der Waals surface area contributed by atoms with Crippen LogP contribution in [0.4, 0.5) is 15.9 Å². The first kappa shape index (κ1) is 22.7. The zero-order valence-corrected chi connectivity index (χ0v) is 18.4. The summed E-state index contributed by atoms with van der Waals surface area (Å²) < 4.78 is 15.9. The van der Waals surface area contributed by atoms with E-state index in [0.717, 1.165) is 5.56 Å². The SMILES string of the molecule is CCCN(C(=O)c1ccn(-c2ccc(F)cc2)n1)c1c(N)n(Cc2ccccc2)c(=O)[nH]c1=O. The van der Waals surface area contributed by atoms with Crippen LogP contribution in [0.15, 0.2) is 76.4 Å². The van der Waals surface area contributed by atoms with E-state index >= 15 is 0 Å². The van der Waals surface area contributed by atoms with Crippen molar-refractivity contribution in [2.75, 3.05) is 17.2 Å². The molecule has 10 heteroatoms. The van der Waals surface area contributed by atoms with Crippen LogP contribution in [0.3, 0.4) is 0 Å². The zero-order chi connectivity index (χ0) is 24.2. The number of H-pyrrole nitrogens is 1. The molecule has 4 rings (SSSR count). The van der Waals surface area contributed by atoms with Gasteiger partial charge in [0.2, 0.25) is 0 Å². The van der Waals surface area contributed by atoms with Crippen LogP contribution in [0, 0.1) is 5.82 Å². The Morgan fingerprint density at radius 2 is 1.79 bits per heavy atom. The fourth-order valence-electron chi connectivity index (χ4n) is 3.61. The van der Waals surface area contributed by atoms with E-state index in [0.29, 0.717) is 12.1 Å². The lowest BCUT2D eigenvalue weighted by Crippen LogP contribution is -2.41. The maximum absolute atomic E-state index is 13.4. The molecule has 2 aromatic carbocycles. The average Bonchev–Trinajstić information content (AvgIpc) is 3.32. The standard InChI is InChI=1S/C24H23FN6O3/c1-2-13-29(23(33)19-12-14-31(28-19)18-10-8-17(25)9-11-18)20-21(26)30(24(34)27-22(20)32)15-16-6-4-3-5-7-16/h3-12,14H,2,13,15,26H2,1H3,(H,27,32,34). The normalized spacial score (nSPS) is 10.9. The number of nitrogens with one attached hydrogen (secondary N) is 1. The Bertz CT molecular complexity index is 1420. The summed E-state index contributed by atoms with van der Waals surface area (Å²) in [4.78, 5) is 42.2. The highest BCUT2D eigenvalue weighted by molar-refractivity contribution is 6.06. The van der Waals surface area contributed by atoms with Crippen LogP contribution in [0.25, 0.3) is 5.69 Å². The van der Waals surface area contributed by atoms with Gasteiger partial charge in [0.15, 0.2) is 11.4 Å². The Morgan fingerprint density at radius 1 is 1.09 bits per heavy atom. The molecule has 0 aliphatic rings. The van der Waals surface area contributed by atoms with Crippen molar-refractivity contribution in [3.8, 4) is 5.69 Å². The number of amides is 1. The summed E-state index contributed by atoms with van der Waals surface area (Å²) in [6, 6.07) is 16.3. The molecule has 2 aromatic heterocycles. The van der Waals surface area contributed by atoms with Crippen molar-refractivity contribution in [3.05, 3.63) is 105 Å². The van der Waals surface area contributed by atoms with Crippen molar-refractivity contribution < 1.29 is 9.18 Å². The number of aromatic nitrogens is 4. The first-order valence-corrected chi connectivity index (χ1v) is 10.7. The van der Waals surface area contributed by atoms with Gasteiger partial charge in [0.25, 0.3) is 11.5 Å². The van der Waals surface area contributed by atoms with E-state index in [1.807, 2.05) is 37.3 Å². The number of carbonyl (C=O) groups excluding carboxylic acids is 1. The molecule has 1 amide bonds. The van der Waals surface area contributed by atoms with Crippen molar-refractivity contribution in [3.63, 3.8) is 0 Å². The third-order valence-corrected chi connectivity index (χ3v) is 5.26. The molecule has 0 radical (unpaired) electrons. The molecule has 34 heavy (non-hydrogen) atoms. The van der Waals surface area contributed by atoms with Gasteiger partial charge in [-0.15, -0.1) is 0 Å². The second-order valence-corrected chi connectivity index (χ2v) is 7.64. The Balaban J connectivity index is 1.73. The highest BCUT2D eigenvalue weighted by atomic mass is 19.1. The Kier molecular flexibility index (Phi) is 6.39. The summed E-state index contributed by atoms with van der Waals surface area (Å²) in [5.74, 6) is -1.05. The van der Waals surface area contributed by atoms with Gasteiger partial charge in [-0.1, -0.05) is 37.3 Å². The second-order valence-electron chi connectivity index (χ2n) is 7.64. The lowest BCUT2D eigenvalue weighted by molar-refractivity contribution is 0.0981. The number of rotatable bonds is 7. The van der Waals surface area contributed by atoms with Crippen LogP contribution in [0.5, 0.6) is 0 Å². The van der Waals surface area contributed by atoms with E-state index in [9.17, 15) is 18.8 Å². The van der Waals surface area contributed by atoms with Crippen LogP contribution in [-0.4, -0.2) is 31.8 Å². The lowest BCUT2D eigenvalue weighted by Gasteiger charge is -2.23. The van der Waals surface area contributed by atoms with Crippen LogP contribution in [0.1, 0.15) is 29.4 Å². The first-order valence-electron chi connectivity index (χ1n) is 10.7. The number of nitrogens with zero attached hydrogens (tertiary/aromatic N) is 4. The van der Waals surface area contributed by atoms with Crippen molar-refractivity contribution in [2.45, 2.75) is 19.9 Å². The molecule has 0 saturated heterocycles. The number of hydrogen-bond donors (Lipinski definition) is 2. The molecule has 174 valence electrons. The molecular weight excluding hydrogens is 439 g/mol. The zero-order valence-electron chi connectivity index (χ0n) is 18.4. The minimum absolute atomic E-state index is 0.0670. The van der Waals surface area contributed by atoms with Crippen LogP contribution < -0.4 is 21.9 Å². The first-order chi connectivity index (χ1) is 16.4.